The van der Waals surface area contributed by atoms with Gasteiger partial charge in [0.2, 0.25) is 0 Å². The first-order valence-corrected chi connectivity index (χ1v) is 23.3. The second-order valence-corrected chi connectivity index (χ2v) is 18.2. The highest BCUT2D eigenvalue weighted by molar-refractivity contribution is 6.12. The van der Waals surface area contributed by atoms with Gasteiger partial charge in [0.15, 0.2) is 0 Å². The number of carbonyl (C=O) groups excluding carboxylic acids is 5. The Hall–Kier alpha value is -6.67. The fourth-order valence-corrected chi connectivity index (χ4v) is 6.84. The quantitative estimate of drug-likeness (QED) is 0.0403. The Morgan fingerprint density at radius 2 is 0.732 bits per heavy atom. The van der Waals surface area contributed by atoms with Crippen molar-refractivity contribution in [3.05, 3.63) is 108 Å². The third kappa shape index (κ3) is 19.2. The predicted octanol–water partition coefficient (Wildman–Crippen LogP) is 8.99. The van der Waals surface area contributed by atoms with E-state index in [0.717, 1.165) is 10.8 Å². The molecule has 71 heavy (non-hydrogen) atoms. The Balaban J connectivity index is 1.42. The fraction of sp³-hybridized carbons (Fsp3) is 0.415. The van der Waals surface area contributed by atoms with Crippen LogP contribution in [-0.2, 0) is 37.9 Å². The van der Waals surface area contributed by atoms with E-state index in [1.165, 1.54) is 23.1 Å². The normalized spacial score (nSPS) is 11.5. The number of hydrogen-bond donors (Lipinski definition) is 4. The second kappa shape index (κ2) is 27.1. The van der Waals surface area contributed by atoms with E-state index in [2.05, 4.69) is 21.3 Å². The van der Waals surface area contributed by atoms with Crippen LogP contribution in [0.1, 0.15) is 72.6 Å². The van der Waals surface area contributed by atoms with Crippen LogP contribution in [0, 0.1) is 0 Å². The number of rotatable bonds is 25. The topological polar surface area (TPSA) is 211 Å². The molecule has 0 unspecified atom stereocenters. The summed E-state index contributed by atoms with van der Waals surface area (Å²) in [7, 11) is 3.18. The van der Waals surface area contributed by atoms with Crippen LogP contribution in [0.5, 0.6) is 0 Å². The molecule has 0 saturated heterocycles. The van der Waals surface area contributed by atoms with E-state index in [4.69, 9.17) is 37.9 Å². The minimum absolute atomic E-state index is 0.0340. The summed E-state index contributed by atoms with van der Waals surface area (Å²) in [5.74, 6) is -1.65. The van der Waals surface area contributed by atoms with Gasteiger partial charge < -0.3 is 53.4 Å². The molecule has 0 saturated carbocycles. The molecule has 4 N–H and O–H groups in total. The lowest BCUT2D eigenvalue weighted by atomic mass is 10.0. The van der Waals surface area contributed by atoms with Gasteiger partial charge in [-0.2, -0.15) is 0 Å². The van der Waals surface area contributed by atoms with Gasteiger partial charge in [0, 0.05) is 66.7 Å². The molecule has 0 heterocycles. The van der Waals surface area contributed by atoms with Crippen LogP contribution < -0.4 is 21.3 Å². The highest BCUT2D eigenvalue weighted by Crippen LogP contribution is 2.27. The molecular weight excluding hydrogens is 915 g/mol. The zero-order chi connectivity index (χ0) is 51.4. The largest absolute Gasteiger partial charge is 0.444 e. The average molecular weight is 982 g/mol. The van der Waals surface area contributed by atoms with Crippen LogP contribution in [-0.4, -0.2) is 139 Å². The first-order chi connectivity index (χ1) is 33.9. The van der Waals surface area contributed by atoms with Crippen molar-refractivity contribution in [1.82, 2.24) is 4.90 Å². The second-order valence-electron chi connectivity index (χ2n) is 18.2. The van der Waals surface area contributed by atoms with Gasteiger partial charge in [-0.1, -0.05) is 24.3 Å². The zero-order valence-corrected chi connectivity index (χ0v) is 41.9. The summed E-state index contributed by atoms with van der Waals surface area (Å²) in [6.07, 6.45) is -1.22. The Labute approximate surface area is 414 Å². The van der Waals surface area contributed by atoms with E-state index in [1.807, 2.05) is 24.3 Å². The predicted molar refractivity (Wildman–Crippen MR) is 273 cm³/mol. The van der Waals surface area contributed by atoms with Gasteiger partial charge in [0.05, 0.1) is 66.1 Å². The number of amides is 5. The summed E-state index contributed by atoms with van der Waals surface area (Å²) >= 11 is 0. The number of fused-ring (bicyclic) bond motifs is 2. The van der Waals surface area contributed by atoms with Crippen LogP contribution in [0.4, 0.5) is 32.3 Å². The Morgan fingerprint density at radius 3 is 1.08 bits per heavy atom. The van der Waals surface area contributed by atoms with Gasteiger partial charge in [-0.15, -0.1) is 0 Å². The minimum Gasteiger partial charge on any atom is -0.444 e. The van der Waals surface area contributed by atoms with Crippen molar-refractivity contribution in [2.75, 3.05) is 115 Å². The zero-order valence-electron chi connectivity index (χ0n) is 41.9. The lowest BCUT2D eigenvalue weighted by Gasteiger charge is -2.23. The number of ether oxygens (including phenoxy) is 8. The van der Waals surface area contributed by atoms with Crippen molar-refractivity contribution in [3.63, 3.8) is 0 Å². The number of nitrogens with zero attached hydrogens (tertiary/aromatic N) is 1. The number of nitrogens with one attached hydrogen (secondary N) is 4. The van der Waals surface area contributed by atoms with Crippen molar-refractivity contribution in [3.8, 4) is 0 Å². The molecule has 0 aliphatic rings. The van der Waals surface area contributed by atoms with E-state index in [9.17, 15) is 24.0 Å². The molecule has 5 aromatic rings. The van der Waals surface area contributed by atoms with Crippen LogP contribution >= 0.6 is 0 Å². The molecule has 0 bridgehead atoms. The van der Waals surface area contributed by atoms with Gasteiger partial charge in [-0.25, -0.2) is 9.59 Å². The van der Waals surface area contributed by atoms with Gasteiger partial charge in [0.25, 0.3) is 17.7 Å². The maximum Gasteiger partial charge on any atom is 0.412 e. The SMILES string of the molecule is COCCOCCOCCN(CCOCCOCCOC)C(=O)c1cc(C(=O)Nc2ccc3ccc(NC(=O)OC(C)(C)C)cc3c2)cc(C(=O)Nc2ccc3ccc(NC(=O)OC(C)(C)C)cc3c2)c1. The molecule has 0 aliphatic heterocycles. The molecule has 0 spiro atoms. The first kappa shape index (κ1) is 55.3. The number of anilines is 4. The standard InChI is InChI=1S/C53H67N5O13/c1-52(2,3)70-50(62)56-45-15-11-36-9-13-43(32-38(36)34-45)54-47(59)40-29-41(48(60)55-44-14-10-37-12-16-46(35-39(37)33-44)57-51(63)71-53(4,5)6)31-42(30-40)49(61)58(17-19-66-25-27-68-23-21-64-7)18-20-67-26-28-69-24-22-65-8/h9-16,29-35H,17-28H2,1-8H3,(H,54,59)(H,55,60)(H,56,62)(H,57,63). The van der Waals surface area contributed by atoms with E-state index >= 15 is 0 Å². The molecule has 18 nitrogen and oxygen atoms in total. The van der Waals surface area contributed by atoms with Crippen molar-refractivity contribution < 1.29 is 61.9 Å². The number of methoxy groups -OCH3 is 2. The molecule has 0 fully saturated rings. The molecule has 5 amide bonds. The number of benzene rings is 5. The summed E-state index contributed by atoms with van der Waals surface area (Å²) in [6, 6.07) is 25.6. The van der Waals surface area contributed by atoms with Crippen molar-refractivity contribution >= 4 is 74.2 Å². The van der Waals surface area contributed by atoms with Gasteiger partial charge in [-0.3, -0.25) is 25.0 Å². The van der Waals surface area contributed by atoms with E-state index in [-0.39, 0.29) is 56.2 Å². The smallest absolute Gasteiger partial charge is 0.412 e. The van der Waals surface area contributed by atoms with Gasteiger partial charge in [0.1, 0.15) is 11.2 Å². The summed E-state index contributed by atoms with van der Waals surface area (Å²) < 4.78 is 43.5. The summed E-state index contributed by atoms with van der Waals surface area (Å²) in [5.41, 5.74) is 0.590. The van der Waals surface area contributed by atoms with Crippen molar-refractivity contribution in [1.29, 1.82) is 0 Å². The highest BCUT2D eigenvalue weighted by atomic mass is 16.6. The monoisotopic (exact) mass is 981 g/mol. The first-order valence-electron chi connectivity index (χ1n) is 23.3. The average Bonchev–Trinajstić information content (AvgIpc) is 3.30. The Kier molecular flexibility index (Phi) is 21.1. The lowest BCUT2D eigenvalue weighted by molar-refractivity contribution is 0.00973. The maximum atomic E-state index is 14.5. The van der Waals surface area contributed by atoms with Crippen LogP contribution in [0.15, 0.2) is 91.0 Å². The van der Waals surface area contributed by atoms with Crippen LogP contribution in [0.2, 0.25) is 0 Å². The molecule has 18 heteroatoms. The molecule has 0 aromatic heterocycles. The Bertz CT molecular complexity index is 2430. The summed E-state index contributed by atoms with van der Waals surface area (Å²) in [6.45, 7) is 14.3. The van der Waals surface area contributed by atoms with E-state index < -0.39 is 41.1 Å². The molecule has 5 aromatic carbocycles. The van der Waals surface area contributed by atoms with Gasteiger partial charge >= 0.3 is 12.2 Å². The maximum absolute atomic E-state index is 14.5. The third-order valence-electron chi connectivity index (χ3n) is 10.1. The van der Waals surface area contributed by atoms with E-state index in [1.54, 1.807) is 104 Å². The summed E-state index contributed by atoms with van der Waals surface area (Å²) in [5, 5.41) is 14.4. The number of carbonyl (C=O) groups is 5. The van der Waals surface area contributed by atoms with E-state index in [0.29, 0.717) is 73.2 Å². The Morgan fingerprint density at radius 1 is 0.408 bits per heavy atom. The highest BCUT2D eigenvalue weighted by Gasteiger charge is 2.23. The van der Waals surface area contributed by atoms with Crippen LogP contribution in [0.25, 0.3) is 21.5 Å². The van der Waals surface area contributed by atoms with Crippen LogP contribution in [0.3, 0.4) is 0 Å². The third-order valence-corrected chi connectivity index (χ3v) is 10.1. The summed E-state index contributed by atoms with van der Waals surface area (Å²) in [4.78, 5) is 69.5. The van der Waals surface area contributed by atoms with Gasteiger partial charge in [-0.05, 0) is 130 Å². The lowest BCUT2D eigenvalue weighted by Crippen LogP contribution is -2.37. The number of hydrogen-bond acceptors (Lipinski definition) is 13. The molecule has 0 atom stereocenters. The van der Waals surface area contributed by atoms with Crippen molar-refractivity contribution in [2.24, 2.45) is 0 Å². The molecule has 382 valence electrons. The minimum atomic E-state index is -0.688. The molecule has 0 aliphatic carbocycles. The molecule has 5 rings (SSSR count). The fourth-order valence-electron chi connectivity index (χ4n) is 6.84. The van der Waals surface area contributed by atoms with Crippen molar-refractivity contribution in [2.45, 2.75) is 52.7 Å². The molecule has 0 radical (unpaired) electrons. The molecular formula is C53H67N5O13.